The van der Waals surface area contributed by atoms with E-state index in [9.17, 15) is 14.0 Å². The third-order valence-corrected chi connectivity index (χ3v) is 4.74. The highest BCUT2D eigenvalue weighted by Crippen LogP contribution is 2.24. The van der Waals surface area contributed by atoms with Gasteiger partial charge in [-0.3, -0.25) is 9.59 Å². The van der Waals surface area contributed by atoms with Crippen LogP contribution in [0.25, 0.3) is 5.69 Å². The van der Waals surface area contributed by atoms with E-state index >= 15 is 0 Å². The number of hydrogen-bond donors (Lipinski definition) is 2. The van der Waals surface area contributed by atoms with Crippen molar-refractivity contribution in [2.75, 3.05) is 5.32 Å². The topological polar surface area (TPSA) is 88.9 Å². The summed E-state index contributed by atoms with van der Waals surface area (Å²) in [6, 6.07) is 10.6. The zero-order chi connectivity index (χ0) is 20.5. The zero-order valence-corrected chi connectivity index (χ0v) is 16.2. The van der Waals surface area contributed by atoms with Gasteiger partial charge in [0.15, 0.2) is 0 Å². The van der Waals surface area contributed by atoms with Gasteiger partial charge in [0.05, 0.1) is 16.3 Å². The fourth-order valence-electron chi connectivity index (χ4n) is 2.77. The van der Waals surface area contributed by atoms with Crippen molar-refractivity contribution in [3.05, 3.63) is 70.5 Å². The van der Waals surface area contributed by atoms with Crippen molar-refractivity contribution in [1.29, 1.82) is 0 Å². The molecule has 1 aliphatic carbocycles. The van der Waals surface area contributed by atoms with Crippen LogP contribution in [-0.4, -0.2) is 32.6 Å². The second-order valence-corrected chi connectivity index (χ2v) is 7.17. The van der Waals surface area contributed by atoms with E-state index in [-0.39, 0.29) is 28.6 Å². The quantitative estimate of drug-likeness (QED) is 0.669. The molecule has 0 aliphatic heterocycles. The lowest BCUT2D eigenvalue weighted by Crippen LogP contribution is -2.25. The van der Waals surface area contributed by atoms with Crippen LogP contribution < -0.4 is 10.6 Å². The van der Waals surface area contributed by atoms with Crippen LogP contribution in [0.2, 0.25) is 5.02 Å². The van der Waals surface area contributed by atoms with Gasteiger partial charge >= 0.3 is 0 Å². The third-order valence-electron chi connectivity index (χ3n) is 4.43. The molecule has 1 saturated carbocycles. The van der Waals surface area contributed by atoms with Crippen molar-refractivity contribution >= 4 is 29.1 Å². The number of anilines is 1. The summed E-state index contributed by atoms with van der Waals surface area (Å²) in [4.78, 5) is 28.8. The maximum atomic E-state index is 13.1. The molecule has 3 aromatic rings. The van der Waals surface area contributed by atoms with E-state index < -0.39 is 5.91 Å². The van der Waals surface area contributed by atoms with Gasteiger partial charge in [-0.25, -0.2) is 14.1 Å². The molecule has 0 spiro atoms. The molecule has 2 N–H and O–H groups in total. The summed E-state index contributed by atoms with van der Waals surface area (Å²) in [5.41, 5.74) is 1.36. The number of hydrogen-bond acceptors (Lipinski definition) is 4. The first kappa shape index (κ1) is 19.1. The minimum absolute atomic E-state index is 0.0431. The molecule has 0 unspecified atom stereocenters. The molecule has 0 atom stereocenters. The summed E-state index contributed by atoms with van der Waals surface area (Å²) >= 11 is 6.20. The Kier molecular flexibility index (Phi) is 5.02. The highest BCUT2D eigenvalue weighted by Gasteiger charge is 2.25. The van der Waals surface area contributed by atoms with Gasteiger partial charge in [0.25, 0.3) is 11.8 Å². The van der Waals surface area contributed by atoms with Gasteiger partial charge in [-0.1, -0.05) is 11.6 Å². The van der Waals surface area contributed by atoms with Crippen LogP contribution in [-0.2, 0) is 0 Å². The fourth-order valence-corrected chi connectivity index (χ4v) is 3.03. The van der Waals surface area contributed by atoms with E-state index in [2.05, 4.69) is 20.7 Å². The van der Waals surface area contributed by atoms with Gasteiger partial charge in [0.2, 0.25) is 5.82 Å². The average molecular weight is 414 g/mol. The monoisotopic (exact) mass is 413 g/mol. The summed E-state index contributed by atoms with van der Waals surface area (Å²) in [6.45, 7) is 1.69. The van der Waals surface area contributed by atoms with E-state index in [4.69, 9.17) is 11.6 Å². The number of carbonyl (C=O) groups excluding carboxylic acids is 2. The van der Waals surface area contributed by atoms with Crippen molar-refractivity contribution < 1.29 is 14.0 Å². The van der Waals surface area contributed by atoms with Gasteiger partial charge in [0, 0.05) is 11.7 Å². The number of aryl methyl sites for hydroxylation is 1. The van der Waals surface area contributed by atoms with E-state index in [1.54, 1.807) is 31.2 Å². The van der Waals surface area contributed by atoms with Crippen LogP contribution in [0.3, 0.4) is 0 Å². The Labute approximate surface area is 170 Å². The molecule has 2 amide bonds. The Balaban J connectivity index is 1.49. The molecule has 2 aromatic carbocycles. The number of halogens is 2. The van der Waals surface area contributed by atoms with Crippen molar-refractivity contribution in [3.8, 4) is 5.69 Å². The van der Waals surface area contributed by atoms with Crippen LogP contribution in [0, 0.1) is 12.7 Å². The van der Waals surface area contributed by atoms with Crippen molar-refractivity contribution in [3.63, 3.8) is 0 Å². The first-order valence-corrected chi connectivity index (χ1v) is 9.40. The van der Waals surface area contributed by atoms with Gasteiger partial charge in [0.1, 0.15) is 11.6 Å². The van der Waals surface area contributed by atoms with Crippen LogP contribution in [0.4, 0.5) is 10.1 Å². The van der Waals surface area contributed by atoms with Crippen molar-refractivity contribution in [2.45, 2.75) is 25.8 Å². The summed E-state index contributed by atoms with van der Waals surface area (Å²) < 4.78 is 14.6. The Morgan fingerprint density at radius 1 is 1.14 bits per heavy atom. The predicted octanol–water partition coefficient (Wildman–Crippen LogP) is 3.51. The first-order valence-electron chi connectivity index (χ1n) is 9.02. The molecule has 9 heteroatoms. The molecular weight excluding hydrogens is 397 g/mol. The highest BCUT2D eigenvalue weighted by molar-refractivity contribution is 6.34. The number of rotatable bonds is 5. The Hall–Kier alpha value is -3.26. The molecule has 1 aromatic heterocycles. The molecule has 7 nitrogen and oxygen atoms in total. The third kappa shape index (κ3) is 4.27. The SMILES string of the molecule is Cc1nc(C(=O)Nc2ccc(C(=O)NC3CC3)c(Cl)c2)nn1-c1ccc(F)cc1. The Bertz CT molecular complexity index is 1090. The second-order valence-electron chi connectivity index (χ2n) is 6.77. The minimum atomic E-state index is -0.528. The largest absolute Gasteiger partial charge is 0.349 e. The lowest BCUT2D eigenvalue weighted by molar-refractivity contribution is 0.0950. The summed E-state index contributed by atoms with van der Waals surface area (Å²) in [6.07, 6.45) is 1.96. The van der Waals surface area contributed by atoms with Gasteiger partial charge in [-0.05, 0) is 62.2 Å². The smallest absolute Gasteiger partial charge is 0.295 e. The predicted molar refractivity (Wildman–Crippen MR) is 106 cm³/mol. The molecule has 0 saturated heterocycles. The second kappa shape index (κ2) is 7.63. The van der Waals surface area contributed by atoms with E-state index in [1.807, 2.05) is 0 Å². The number of benzene rings is 2. The number of nitrogens with one attached hydrogen (secondary N) is 2. The van der Waals surface area contributed by atoms with E-state index in [0.29, 0.717) is 22.8 Å². The van der Waals surface area contributed by atoms with Gasteiger partial charge in [-0.15, -0.1) is 5.10 Å². The normalized spacial score (nSPS) is 13.2. The van der Waals surface area contributed by atoms with Gasteiger partial charge < -0.3 is 10.6 Å². The van der Waals surface area contributed by atoms with Crippen LogP contribution in [0.1, 0.15) is 39.6 Å². The van der Waals surface area contributed by atoms with E-state index in [0.717, 1.165) is 12.8 Å². The highest BCUT2D eigenvalue weighted by atomic mass is 35.5. The maximum Gasteiger partial charge on any atom is 0.295 e. The molecule has 148 valence electrons. The number of amides is 2. The molecule has 1 aliphatic rings. The first-order chi connectivity index (χ1) is 13.9. The number of carbonyl (C=O) groups is 2. The van der Waals surface area contributed by atoms with Crippen molar-refractivity contribution in [1.82, 2.24) is 20.1 Å². The number of nitrogens with zero attached hydrogens (tertiary/aromatic N) is 3. The van der Waals surface area contributed by atoms with Crippen LogP contribution >= 0.6 is 11.6 Å². The zero-order valence-electron chi connectivity index (χ0n) is 15.4. The average Bonchev–Trinajstić information content (AvgIpc) is 3.41. The fraction of sp³-hybridized carbons (Fsp3) is 0.200. The minimum Gasteiger partial charge on any atom is -0.349 e. The maximum absolute atomic E-state index is 13.1. The molecule has 1 fully saturated rings. The molecule has 0 radical (unpaired) electrons. The molecule has 1 heterocycles. The Morgan fingerprint density at radius 2 is 1.86 bits per heavy atom. The lowest BCUT2D eigenvalue weighted by atomic mass is 10.2. The molecule has 4 rings (SSSR count). The van der Waals surface area contributed by atoms with Crippen LogP contribution in [0.15, 0.2) is 42.5 Å². The molecular formula is C20H17ClFN5O2. The van der Waals surface area contributed by atoms with Crippen molar-refractivity contribution in [2.24, 2.45) is 0 Å². The standard InChI is InChI=1S/C20H17ClFN5O2/c1-11-23-18(26-27(11)15-7-2-12(22)3-8-15)20(29)25-14-6-9-16(17(21)10-14)19(28)24-13-4-5-13/h2-3,6-10,13H,4-5H2,1H3,(H,24,28)(H,25,29). The van der Waals surface area contributed by atoms with Gasteiger partial charge in [-0.2, -0.15) is 0 Å². The summed E-state index contributed by atoms with van der Waals surface area (Å²) in [7, 11) is 0. The molecule has 0 bridgehead atoms. The van der Waals surface area contributed by atoms with E-state index in [1.165, 1.54) is 22.9 Å². The Morgan fingerprint density at radius 3 is 2.52 bits per heavy atom. The van der Waals surface area contributed by atoms with Crippen LogP contribution in [0.5, 0.6) is 0 Å². The molecule has 29 heavy (non-hydrogen) atoms. The summed E-state index contributed by atoms with van der Waals surface area (Å²) in [5.74, 6) is -0.688. The number of aromatic nitrogens is 3. The summed E-state index contributed by atoms with van der Waals surface area (Å²) in [5, 5.41) is 9.96. The lowest BCUT2D eigenvalue weighted by Gasteiger charge is -2.08.